The Bertz CT molecular complexity index is 453. The van der Waals surface area contributed by atoms with E-state index in [4.69, 9.17) is 9.47 Å². The minimum Gasteiger partial charge on any atom is -0.484 e. The summed E-state index contributed by atoms with van der Waals surface area (Å²) in [4.78, 5) is 14.1. The Hall–Kier alpha value is -1.55. The van der Waals surface area contributed by atoms with Crippen molar-refractivity contribution in [2.24, 2.45) is 5.92 Å². The lowest BCUT2D eigenvalue weighted by Gasteiger charge is -2.32. The minimum absolute atomic E-state index is 0.0865. The molecule has 0 aliphatic carbocycles. The molecule has 1 amide bonds. The summed E-state index contributed by atoms with van der Waals surface area (Å²) < 4.78 is 10.7. The molecule has 0 saturated carbocycles. The van der Waals surface area contributed by atoms with Crippen LogP contribution in [-0.2, 0) is 9.53 Å². The van der Waals surface area contributed by atoms with E-state index in [-0.39, 0.29) is 12.5 Å². The maximum Gasteiger partial charge on any atom is 0.260 e. The van der Waals surface area contributed by atoms with E-state index in [1.807, 2.05) is 36.1 Å². The van der Waals surface area contributed by atoms with Gasteiger partial charge in [0, 0.05) is 26.8 Å². The van der Waals surface area contributed by atoms with Gasteiger partial charge in [0.1, 0.15) is 5.75 Å². The van der Waals surface area contributed by atoms with Crippen molar-refractivity contribution in [3.05, 3.63) is 29.8 Å². The maximum absolute atomic E-state index is 12.2. The van der Waals surface area contributed by atoms with Crippen molar-refractivity contribution in [2.75, 3.05) is 33.4 Å². The third-order valence-corrected chi connectivity index (χ3v) is 4.14. The fourth-order valence-electron chi connectivity index (χ4n) is 2.70. The summed E-state index contributed by atoms with van der Waals surface area (Å²) in [6.45, 7) is 4.61. The Morgan fingerprint density at radius 1 is 1.29 bits per heavy atom. The number of para-hydroxylation sites is 1. The van der Waals surface area contributed by atoms with Crippen molar-refractivity contribution in [3.8, 4) is 5.75 Å². The second-order valence-corrected chi connectivity index (χ2v) is 5.66. The number of benzene rings is 1. The quantitative estimate of drug-likeness (QED) is 0.809. The first-order chi connectivity index (χ1) is 10.2. The van der Waals surface area contributed by atoms with Gasteiger partial charge in [-0.1, -0.05) is 18.2 Å². The summed E-state index contributed by atoms with van der Waals surface area (Å²) in [5.74, 6) is 1.57. The van der Waals surface area contributed by atoms with E-state index in [2.05, 4.69) is 0 Å². The molecule has 1 heterocycles. The van der Waals surface area contributed by atoms with Crippen molar-refractivity contribution >= 4 is 5.91 Å². The van der Waals surface area contributed by atoms with E-state index < -0.39 is 0 Å². The van der Waals surface area contributed by atoms with Gasteiger partial charge in [0.15, 0.2) is 6.61 Å². The van der Waals surface area contributed by atoms with Crippen molar-refractivity contribution in [3.63, 3.8) is 0 Å². The van der Waals surface area contributed by atoms with E-state index in [0.29, 0.717) is 5.92 Å². The number of carbonyl (C=O) groups is 1. The summed E-state index contributed by atoms with van der Waals surface area (Å²) in [6.07, 6.45) is 3.23. The van der Waals surface area contributed by atoms with Crippen molar-refractivity contribution in [1.82, 2.24) is 4.90 Å². The molecule has 0 radical (unpaired) electrons. The van der Waals surface area contributed by atoms with Crippen LogP contribution in [0.5, 0.6) is 5.75 Å². The average Bonchev–Trinajstić information content (AvgIpc) is 2.52. The number of rotatable bonds is 6. The monoisotopic (exact) mass is 291 g/mol. The Morgan fingerprint density at radius 3 is 2.67 bits per heavy atom. The highest BCUT2D eigenvalue weighted by Crippen LogP contribution is 2.21. The van der Waals surface area contributed by atoms with Gasteiger partial charge in [-0.05, 0) is 43.7 Å². The molecule has 116 valence electrons. The lowest BCUT2D eigenvalue weighted by molar-refractivity contribution is -0.134. The van der Waals surface area contributed by atoms with Gasteiger partial charge in [-0.2, -0.15) is 0 Å². The first-order valence-electron chi connectivity index (χ1n) is 7.66. The molecule has 4 nitrogen and oxygen atoms in total. The van der Waals surface area contributed by atoms with Gasteiger partial charge in [-0.25, -0.2) is 0 Å². The molecule has 1 aliphatic rings. The summed E-state index contributed by atoms with van der Waals surface area (Å²) in [6, 6.07) is 7.78. The van der Waals surface area contributed by atoms with Crippen LogP contribution < -0.4 is 4.74 Å². The van der Waals surface area contributed by atoms with Crippen molar-refractivity contribution in [2.45, 2.75) is 26.2 Å². The number of methoxy groups -OCH3 is 1. The highest BCUT2D eigenvalue weighted by molar-refractivity contribution is 5.77. The Kier molecular flexibility index (Phi) is 6.05. The van der Waals surface area contributed by atoms with E-state index >= 15 is 0 Å². The van der Waals surface area contributed by atoms with Gasteiger partial charge in [0.2, 0.25) is 0 Å². The van der Waals surface area contributed by atoms with Crippen LogP contribution in [0.3, 0.4) is 0 Å². The second kappa shape index (κ2) is 8.03. The number of aryl methyl sites for hydroxylation is 1. The van der Waals surface area contributed by atoms with Gasteiger partial charge in [-0.15, -0.1) is 0 Å². The van der Waals surface area contributed by atoms with Gasteiger partial charge in [0.05, 0.1) is 0 Å². The van der Waals surface area contributed by atoms with Gasteiger partial charge in [0.25, 0.3) is 5.91 Å². The maximum atomic E-state index is 12.2. The number of amides is 1. The largest absolute Gasteiger partial charge is 0.484 e. The zero-order valence-electron chi connectivity index (χ0n) is 13.0. The predicted octanol–water partition coefficient (Wildman–Crippen LogP) is 2.65. The minimum atomic E-state index is 0.0865. The number of likely N-dealkylation sites (tertiary alicyclic amines) is 1. The molecule has 2 rings (SSSR count). The van der Waals surface area contributed by atoms with Gasteiger partial charge < -0.3 is 14.4 Å². The Labute approximate surface area is 127 Å². The molecule has 1 aromatic rings. The highest BCUT2D eigenvalue weighted by Gasteiger charge is 2.22. The van der Waals surface area contributed by atoms with E-state index in [1.165, 1.54) is 0 Å². The normalized spacial score (nSPS) is 16.0. The van der Waals surface area contributed by atoms with Crippen molar-refractivity contribution < 1.29 is 14.3 Å². The van der Waals surface area contributed by atoms with Crippen LogP contribution in [0.1, 0.15) is 24.8 Å². The third kappa shape index (κ3) is 4.74. The van der Waals surface area contributed by atoms with Crippen LogP contribution in [0.25, 0.3) is 0 Å². The topological polar surface area (TPSA) is 38.8 Å². The molecular formula is C17H25NO3. The smallest absolute Gasteiger partial charge is 0.260 e. The number of hydrogen-bond donors (Lipinski definition) is 0. The molecule has 0 aromatic heterocycles. The van der Waals surface area contributed by atoms with Crippen LogP contribution in [0.15, 0.2) is 24.3 Å². The molecule has 0 spiro atoms. The second-order valence-electron chi connectivity index (χ2n) is 5.66. The van der Waals surface area contributed by atoms with Crippen LogP contribution in [0, 0.1) is 12.8 Å². The first-order valence-corrected chi connectivity index (χ1v) is 7.66. The number of ether oxygens (including phenoxy) is 2. The number of hydrogen-bond acceptors (Lipinski definition) is 3. The molecule has 1 fully saturated rings. The molecular weight excluding hydrogens is 266 g/mol. The number of nitrogens with zero attached hydrogens (tertiary/aromatic N) is 1. The fourth-order valence-corrected chi connectivity index (χ4v) is 2.70. The molecule has 4 heteroatoms. The molecule has 0 unspecified atom stereocenters. The Morgan fingerprint density at radius 2 is 2.00 bits per heavy atom. The molecule has 0 atom stereocenters. The van der Waals surface area contributed by atoms with Crippen molar-refractivity contribution in [1.29, 1.82) is 0 Å². The molecule has 0 N–H and O–H groups in total. The average molecular weight is 291 g/mol. The summed E-state index contributed by atoms with van der Waals surface area (Å²) >= 11 is 0. The standard InChI is InChI=1S/C17H25NO3/c1-14-5-3-4-6-16(14)21-13-17(19)18-10-7-15(8-11-18)9-12-20-2/h3-6,15H,7-13H2,1-2H3. The molecule has 0 bridgehead atoms. The molecule has 21 heavy (non-hydrogen) atoms. The molecule has 1 aliphatic heterocycles. The van der Waals surface area contributed by atoms with E-state index in [1.54, 1.807) is 7.11 Å². The van der Waals surface area contributed by atoms with E-state index in [9.17, 15) is 4.79 Å². The lowest BCUT2D eigenvalue weighted by atomic mass is 9.94. The van der Waals surface area contributed by atoms with Crippen LogP contribution in [0.4, 0.5) is 0 Å². The zero-order valence-corrected chi connectivity index (χ0v) is 13.0. The Balaban J connectivity index is 1.74. The lowest BCUT2D eigenvalue weighted by Crippen LogP contribution is -2.41. The summed E-state index contributed by atoms with van der Waals surface area (Å²) in [5, 5.41) is 0. The van der Waals surface area contributed by atoms with Crippen LogP contribution >= 0.6 is 0 Å². The number of carbonyl (C=O) groups excluding carboxylic acids is 1. The van der Waals surface area contributed by atoms with Crippen LogP contribution in [0.2, 0.25) is 0 Å². The molecule has 1 saturated heterocycles. The fraction of sp³-hybridized carbons (Fsp3) is 0.588. The van der Waals surface area contributed by atoms with E-state index in [0.717, 1.165) is 50.3 Å². The van der Waals surface area contributed by atoms with Gasteiger partial charge in [-0.3, -0.25) is 4.79 Å². The predicted molar refractivity (Wildman–Crippen MR) is 82.5 cm³/mol. The first kappa shape index (κ1) is 15.8. The number of piperidine rings is 1. The zero-order chi connectivity index (χ0) is 15.1. The third-order valence-electron chi connectivity index (χ3n) is 4.14. The van der Waals surface area contributed by atoms with Gasteiger partial charge >= 0.3 is 0 Å². The highest BCUT2D eigenvalue weighted by atomic mass is 16.5. The summed E-state index contributed by atoms with van der Waals surface area (Å²) in [5.41, 5.74) is 1.06. The molecule has 1 aromatic carbocycles. The van der Waals surface area contributed by atoms with Crippen LogP contribution in [-0.4, -0.2) is 44.2 Å². The SMILES string of the molecule is COCCC1CCN(C(=O)COc2ccccc2C)CC1. The summed E-state index contributed by atoms with van der Waals surface area (Å²) in [7, 11) is 1.74.